The Morgan fingerprint density at radius 1 is 1.29 bits per heavy atom. The molecule has 0 fully saturated rings. The van der Waals surface area contributed by atoms with Crippen molar-refractivity contribution in [2.75, 3.05) is 6.54 Å². The van der Waals surface area contributed by atoms with E-state index in [9.17, 15) is 0 Å². The maximum atomic E-state index is 5.81. The van der Waals surface area contributed by atoms with Crippen LogP contribution in [0.3, 0.4) is 0 Å². The van der Waals surface area contributed by atoms with Crippen molar-refractivity contribution in [1.82, 2.24) is 0 Å². The van der Waals surface area contributed by atoms with Crippen LogP contribution in [0.5, 0.6) is 0 Å². The Labute approximate surface area is 87.3 Å². The Hall–Kier alpha value is -0.820. The van der Waals surface area contributed by atoms with Crippen LogP contribution in [0.25, 0.3) is 0 Å². The maximum Gasteiger partial charge on any atom is -0.000814 e. The Kier molecular flexibility index (Phi) is 4.15. The summed E-state index contributed by atoms with van der Waals surface area (Å²) in [5.74, 6) is 0.542. The molecule has 0 aromatic heterocycles. The van der Waals surface area contributed by atoms with E-state index in [1.54, 1.807) is 0 Å². The Bertz CT molecular complexity index is 291. The third-order valence-corrected chi connectivity index (χ3v) is 3.01. The zero-order valence-corrected chi connectivity index (χ0v) is 9.51. The molecule has 1 aromatic rings. The molecule has 0 bridgehead atoms. The Morgan fingerprint density at radius 2 is 2.00 bits per heavy atom. The van der Waals surface area contributed by atoms with Gasteiger partial charge in [-0.3, -0.25) is 0 Å². The molecule has 0 heterocycles. The average Bonchev–Trinajstić information content (AvgIpc) is 2.19. The normalized spacial score (nSPS) is 12.9. The van der Waals surface area contributed by atoms with E-state index in [0.717, 1.165) is 6.54 Å². The molecule has 1 rings (SSSR count). The van der Waals surface area contributed by atoms with Crippen molar-refractivity contribution in [3.8, 4) is 0 Å². The van der Waals surface area contributed by atoms with E-state index >= 15 is 0 Å². The van der Waals surface area contributed by atoms with Crippen LogP contribution in [0, 0.1) is 13.8 Å². The van der Waals surface area contributed by atoms with Gasteiger partial charge in [0.15, 0.2) is 0 Å². The molecule has 14 heavy (non-hydrogen) atoms. The number of aryl methyl sites for hydroxylation is 1. The van der Waals surface area contributed by atoms with Crippen LogP contribution in [0.15, 0.2) is 18.2 Å². The van der Waals surface area contributed by atoms with Gasteiger partial charge in [0.1, 0.15) is 0 Å². The van der Waals surface area contributed by atoms with E-state index < -0.39 is 0 Å². The summed E-state index contributed by atoms with van der Waals surface area (Å²) in [6, 6.07) is 6.52. The standard InChI is InChI=1S/C13H21N/c1-4-6-12(9-14)13-8-5-7-10(2)11(13)3/h5,7-8,12H,4,6,9,14H2,1-3H3. The van der Waals surface area contributed by atoms with Crippen molar-refractivity contribution < 1.29 is 0 Å². The highest BCUT2D eigenvalue weighted by molar-refractivity contribution is 5.35. The molecule has 0 aliphatic carbocycles. The molecule has 0 radical (unpaired) electrons. The Balaban J connectivity index is 2.97. The SMILES string of the molecule is CCCC(CN)c1cccc(C)c1C. The third-order valence-electron chi connectivity index (χ3n) is 3.01. The lowest BCUT2D eigenvalue weighted by Gasteiger charge is -2.18. The fourth-order valence-corrected chi connectivity index (χ4v) is 1.96. The van der Waals surface area contributed by atoms with Gasteiger partial charge in [-0.1, -0.05) is 31.5 Å². The molecule has 0 aliphatic rings. The second-order valence-corrected chi connectivity index (χ2v) is 4.01. The lowest BCUT2D eigenvalue weighted by molar-refractivity contribution is 0.619. The zero-order chi connectivity index (χ0) is 10.6. The van der Waals surface area contributed by atoms with Crippen molar-refractivity contribution in [2.45, 2.75) is 39.5 Å². The summed E-state index contributed by atoms with van der Waals surface area (Å²) in [7, 11) is 0. The minimum atomic E-state index is 0.542. The Morgan fingerprint density at radius 3 is 2.57 bits per heavy atom. The van der Waals surface area contributed by atoms with Crippen LogP contribution < -0.4 is 5.73 Å². The first-order chi connectivity index (χ1) is 6.70. The summed E-state index contributed by atoms with van der Waals surface area (Å²) in [6.07, 6.45) is 2.40. The molecule has 1 aromatic carbocycles. The van der Waals surface area contributed by atoms with Gasteiger partial charge >= 0.3 is 0 Å². The van der Waals surface area contributed by atoms with Crippen molar-refractivity contribution >= 4 is 0 Å². The van der Waals surface area contributed by atoms with E-state index in [1.807, 2.05) is 0 Å². The van der Waals surface area contributed by atoms with Gasteiger partial charge in [0.2, 0.25) is 0 Å². The minimum Gasteiger partial charge on any atom is -0.330 e. The predicted octanol–water partition coefficient (Wildman–Crippen LogP) is 3.15. The van der Waals surface area contributed by atoms with E-state index in [1.165, 1.54) is 29.5 Å². The summed E-state index contributed by atoms with van der Waals surface area (Å²) >= 11 is 0. The fourth-order valence-electron chi connectivity index (χ4n) is 1.96. The smallest absolute Gasteiger partial charge is 0.000814 e. The topological polar surface area (TPSA) is 26.0 Å². The molecule has 0 saturated carbocycles. The molecule has 0 aliphatic heterocycles. The van der Waals surface area contributed by atoms with E-state index in [4.69, 9.17) is 5.73 Å². The van der Waals surface area contributed by atoms with Gasteiger partial charge < -0.3 is 5.73 Å². The highest BCUT2D eigenvalue weighted by atomic mass is 14.5. The first kappa shape index (κ1) is 11.3. The highest BCUT2D eigenvalue weighted by Crippen LogP contribution is 2.25. The summed E-state index contributed by atoms with van der Waals surface area (Å²) in [5.41, 5.74) is 10.0. The zero-order valence-electron chi connectivity index (χ0n) is 9.51. The molecule has 2 N–H and O–H groups in total. The molecule has 0 spiro atoms. The van der Waals surface area contributed by atoms with Crippen LogP contribution >= 0.6 is 0 Å². The molecule has 1 heteroatoms. The molecular weight excluding hydrogens is 170 g/mol. The number of rotatable bonds is 4. The molecule has 1 atom stereocenters. The second-order valence-electron chi connectivity index (χ2n) is 4.01. The summed E-state index contributed by atoms with van der Waals surface area (Å²) in [4.78, 5) is 0. The van der Waals surface area contributed by atoms with Crippen LogP contribution in [0.1, 0.15) is 42.4 Å². The van der Waals surface area contributed by atoms with Crippen LogP contribution in [-0.2, 0) is 0 Å². The van der Waals surface area contributed by atoms with Gasteiger partial charge in [-0.25, -0.2) is 0 Å². The summed E-state index contributed by atoms with van der Waals surface area (Å²) < 4.78 is 0. The number of hydrogen-bond donors (Lipinski definition) is 1. The van der Waals surface area contributed by atoms with Crippen molar-refractivity contribution in [3.05, 3.63) is 34.9 Å². The van der Waals surface area contributed by atoms with Crippen molar-refractivity contribution in [3.63, 3.8) is 0 Å². The molecule has 1 unspecified atom stereocenters. The first-order valence-corrected chi connectivity index (χ1v) is 5.46. The van der Waals surface area contributed by atoms with Crippen LogP contribution in [0.2, 0.25) is 0 Å². The molecule has 1 nitrogen and oxygen atoms in total. The number of nitrogens with two attached hydrogens (primary N) is 1. The van der Waals surface area contributed by atoms with E-state index in [-0.39, 0.29) is 0 Å². The van der Waals surface area contributed by atoms with Crippen molar-refractivity contribution in [1.29, 1.82) is 0 Å². The van der Waals surface area contributed by atoms with Gasteiger partial charge in [0, 0.05) is 0 Å². The minimum absolute atomic E-state index is 0.542. The highest BCUT2D eigenvalue weighted by Gasteiger charge is 2.11. The maximum absolute atomic E-state index is 5.81. The lowest BCUT2D eigenvalue weighted by atomic mass is 9.89. The molecule has 0 amide bonds. The fraction of sp³-hybridized carbons (Fsp3) is 0.538. The largest absolute Gasteiger partial charge is 0.330 e. The molecule has 78 valence electrons. The summed E-state index contributed by atoms with van der Waals surface area (Å²) in [6.45, 7) is 7.34. The van der Waals surface area contributed by atoms with Gasteiger partial charge in [-0.2, -0.15) is 0 Å². The van der Waals surface area contributed by atoms with Gasteiger partial charge in [-0.05, 0) is 49.4 Å². The van der Waals surface area contributed by atoms with E-state index in [0.29, 0.717) is 5.92 Å². The number of benzene rings is 1. The van der Waals surface area contributed by atoms with Gasteiger partial charge in [0.05, 0.1) is 0 Å². The second kappa shape index (κ2) is 5.16. The number of hydrogen-bond acceptors (Lipinski definition) is 1. The monoisotopic (exact) mass is 191 g/mol. The van der Waals surface area contributed by atoms with Crippen LogP contribution in [0.4, 0.5) is 0 Å². The molecular formula is C13H21N. The summed E-state index contributed by atoms with van der Waals surface area (Å²) in [5, 5.41) is 0. The van der Waals surface area contributed by atoms with Gasteiger partial charge in [-0.15, -0.1) is 0 Å². The van der Waals surface area contributed by atoms with Crippen molar-refractivity contribution in [2.24, 2.45) is 5.73 Å². The van der Waals surface area contributed by atoms with Gasteiger partial charge in [0.25, 0.3) is 0 Å². The quantitative estimate of drug-likeness (QED) is 0.777. The average molecular weight is 191 g/mol. The van der Waals surface area contributed by atoms with E-state index in [2.05, 4.69) is 39.0 Å². The first-order valence-electron chi connectivity index (χ1n) is 5.46. The van der Waals surface area contributed by atoms with Crippen LogP contribution in [-0.4, -0.2) is 6.54 Å². The lowest BCUT2D eigenvalue weighted by Crippen LogP contribution is -2.13. The third kappa shape index (κ3) is 2.36. The molecule has 0 saturated heterocycles. The predicted molar refractivity (Wildman–Crippen MR) is 62.6 cm³/mol.